The van der Waals surface area contributed by atoms with Crippen LogP contribution in [0.4, 0.5) is 0 Å². The van der Waals surface area contributed by atoms with Gasteiger partial charge in [0.05, 0.1) is 16.4 Å². The lowest BCUT2D eigenvalue weighted by molar-refractivity contribution is 0.559. The Morgan fingerprint density at radius 1 is 1.30 bits per heavy atom. The van der Waals surface area contributed by atoms with Crippen LogP contribution >= 0.6 is 11.6 Å². The van der Waals surface area contributed by atoms with E-state index in [0.29, 0.717) is 0 Å². The molecule has 0 spiro atoms. The minimum Gasteiger partial charge on any atom is -0.313 e. The molecule has 0 saturated carbocycles. The second kappa shape index (κ2) is 5.98. The molecule has 0 fully saturated rings. The van der Waals surface area contributed by atoms with Gasteiger partial charge in [0.1, 0.15) is 0 Å². The third-order valence-corrected chi connectivity index (χ3v) is 4.30. The van der Waals surface area contributed by atoms with Gasteiger partial charge in [-0.05, 0) is 38.9 Å². The van der Waals surface area contributed by atoms with E-state index in [0.717, 1.165) is 22.8 Å². The Kier molecular flexibility index (Phi) is 4.51. The van der Waals surface area contributed by atoms with E-state index < -0.39 is 0 Å². The third-order valence-electron chi connectivity index (χ3n) is 3.81. The maximum Gasteiger partial charge on any atom is 0.0847 e. The predicted octanol–water partition coefficient (Wildman–Crippen LogP) is 3.50. The molecule has 0 aliphatic heterocycles. The SMILES string of the molecule is CNC(Cc1c(Cl)c(C)nn1C)c1ccc(C)cc1C. The molecule has 0 aliphatic rings. The summed E-state index contributed by atoms with van der Waals surface area (Å²) in [7, 11) is 3.93. The molecule has 0 radical (unpaired) electrons. The highest BCUT2D eigenvalue weighted by atomic mass is 35.5. The summed E-state index contributed by atoms with van der Waals surface area (Å²) in [5.74, 6) is 0. The van der Waals surface area contributed by atoms with Crippen molar-refractivity contribution in [2.24, 2.45) is 7.05 Å². The first-order valence-electron chi connectivity index (χ1n) is 6.86. The van der Waals surface area contributed by atoms with Gasteiger partial charge in [-0.3, -0.25) is 4.68 Å². The number of nitrogens with one attached hydrogen (secondary N) is 1. The van der Waals surface area contributed by atoms with Crippen LogP contribution in [0.3, 0.4) is 0 Å². The van der Waals surface area contributed by atoms with Gasteiger partial charge in [-0.1, -0.05) is 35.4 Å². The van der Waals surface area contributed by atoms with E-state index in [9.17, 15) is 0 Å². The van der Waals surface area contributed by atoms with Gasteiger partial charge >= 0.3 is 0 Å². The molecule has 1 aromatic carbocycles. The fourth-order valence-electron chi connectivity index (χ4n) is 2.68. The van der Waals surface area contributed by atoms with Crippen LogP contribution in [0, 0.1) is 20.8 Å². The number of hydrogen-bond donors (Lipinski definition) is 1. The van der Waals surface area contributed by atoms with E-state index in [1.165, 1.54) is 16.7 Å². The van der Waals surface area contributed by atoms with E-state index in [1.54, 1.807) is 0 Å². The van der Waals surface area contributed by atoms with Gasteiger partial charge in [-0.2, -0.15) is 5.10 Å². The van der Waals surface area contributed by atoms with Crippen molar-refractivity contribution in [1.29, 1.82) is 0 Å². The van der Waals surface area contributed by atoms with Crippen molar-refractivity contribution in [3.05, 3.63) is 51.3 Å². The zero-order valence-corrected chi connectivity index (χ0v) is 13.5. The molecule has 4 heteroatoms. The molecule has 1 atom stereocenters. The van der Waals surface area contributed by atoms with Crippen molar-refractivity contribution in [3.63, 3.8) is 0 Å². The van der Waals surface area contributed by atoms with Crippen LogP contribution in [0.15, 0.2) is 18.2 Å². The molecular weight excluding hydrogens is 270 g/mol. The van der Waals surface area contributed by atoms with E-state index in [-0.39, 0.29) is 6.04 Å². The number of likely N-dealkylation sites (N-methyl/N-ethyl adjacent to an activating group) is 1. The van der Waals surface area contributed by atoms with Crippen molar-refractivity contribution < 1.29 is 0 Å². The fourth-order valence-corrected chi connectivity index (χ4v) is 2.92. The van der Waals surface area contributed by atoms with Crippen molar-refractivity contribution in [1.82, 2.24) is 15.1 Å². The first-order chi connectivity index (χ1) is 9.43. The minimum atomic E-state index is 0.239. The normalized spacial score (nSPS) is 12.7. The number of aromatic nitrogens is 2. The third kappa shape index (κ3) is 2.89. The summed E-state index contributed by atoms with van der Waals surface area (Å²) in [4.78, 5) is 0. The molecule has 20 heavy (non-hydrogen) atoms. The Morgan fingerprint density at radius 2 is 2.00 bits per heavy atom. The van der Waals surface area contributed by atoms with E-state index >= 15 is 0 Å². The predicted molar refractivity (Wildman–Crippen MR) is 84.4 cm³/mol. The standard InChI is InChI=1S/C16H22ClN3/c1-10-6-7-13(11(2)8-10)14(18-4)9-15-16(17)12(3)19-20(15)5/h6-8,14,18H,9H2,1-5H3. The van der Waals surface area contributed by atoms with E-state index in [4.69, 9.17) is 11.6 Å². The lowest BCUT2D eigenvalue weighted by Gasteiger charge is -2.19. The average Bonchev–Trinajstić information content (AvgIpc) is 2.62. The van der Waals surface area contributed by atoms with Crippen molar-refractivity contribution in [3.8, 4) is 0 Å². The molecule has 1 aromatic heterocycles. The summed E-state index contributed by atoms with van der Waals surface area (Å²) < 4.78 is 1.88. The number of hydrogen-bond acceptors (Lipinski definition) is 2. The second-order valence-corrected chi connectivity index (χ2v) is 5.75. The van der Waals surface area contributed by atoms with Gasteiger partial charge in [0.25, 0.3) is 0 Å². The number of aryl methyl sites for hydroxylation is 4. The molecule has 2 rings (SSSR count). The maximum atomic E-state index is 6.36. The van der Waals surface area contributed by atoms with Crippen LogP contribution in [0.2, 0.25) is 5.02 Å². The summed E-state index contributed by atoms with van der Waals surface area (Å²) in [6.07, 6.45) is 0.830. The Balaban J connectivity index is 2.33. The molecule has 3 nitrogen and oxygen atoms in total. The molecule has 0 bridgehead atoms. The maximum absolute atomic E-state index is 6.36. The smallest absolute Gasteiger partial charge is 0.0847 e. The van der Waals surface area contributed by atoms with Crippen molar-refractivity contribution in [2.75, 3.05) is 7.05 Å². The molecule has 0 amide bonds. The Morgan fingerprint density at radius 3 is 2.50 bits per heavy atom. The zero-order valence-electron chi connectivity index (χ0n) is 12.8. The van der Waals surface area contributed by atoms with Crippen LogP contribution in [-0.4, -0.2) is 16.8 Å². The highest BCUT2D eigenvalue weighted by molar-refractivity contribution is 6.31. The summed E-state index contributed by atoms with van der Waals surface area (Å²) in [5.41, 5.74) is 5.87. The summed E-state index contributed by atoms with van der Waals surface area (Å²) in [6, 6.07) is 6.81. The van der Waals surface area contributed by atoms with E-state index in [1.807, 2.05) is 25.7 Å². The highest BCUT2D eigenvalue weighted by Gasteiger charge is 2.18. The number of halogens is 1. The van der Waals surface area contributed by atoms with Gasteiger partial charge < -0.3 is 5.32 Å². The quantitative estimate of drug-likeness (QED) is 0.934. The molecule has 108 valence electrons. The number of benzene rings is 1. The largest absolute Gasteiger partial charge is 0.313 e. The van der Waals surface area contributed by atoms with Gasteiger partial charge in [-0.15, -0.1) is 0 Å². The minimum absolute atomic E-state index is 0.239. The molecule has 2 aromatic rings. The lowest BCUT2D eigenvalue weighted by Crippen LogP contribution is -2.21. The molecule has 1 N–H and O–H groups in total. The van der Waals surface area contributed by atoms with Crippen LogP contribution in [0.5, 0.6) is 0 Å². The van der Waals surface area contributed by atoms with Crippen LogP contribution in [0.25, 0.3) is 0 Å². The van der Waals surface area contributed by atoms with Crippen molar-refractivity contribution in [2.45, 2.75) is 33.2 Å². The molecule has 0 saturated heterocycles. The van der Waals surface area contributed by atoms with E-state index in [2.05, 4.69) is 42.5 Å². The van der Waals surface area contributed by atoms with Gasteiger partial charge in [0, 0.05) is 19.5 Å². The first-order valence-corrected chi connectivity index (χ1v) is 7.24. The molecule has 1 unspecified atom stereocenters. The highest BCUT2D eigenvalue weighted by Crippen LogP contribution is 2.27. The fraction of sp³-hybridized carbons (Fsp3) is 0.438. The number of nitrogens with zero attached hydrogens (tertiary/aromatic N) is 2. The number of rotatable bonds is 4. The van der Waals surface area contributed by atoms with Crippen LogP contribution in [0.1, 0.15) is 34.1 Å². The lowest BCUT2D eigenvalue weighted by atomic mass is 9.96. The second-order valence-electron chi connectivity index (χ2n) is 5.38. The molecule has 0 aliphatic carbocycles. The van der Waals surface area contributed by atoms with Gasteiger partial charge in [0.15, 0.2) is 0 Å². The monoisotopic (exact) mass is 291 g/mol. The Hall–Kier alpha value is -1.32. The van der Waals surface area contributed by atoms with Crippen LogP contribution < -0.4 is 5.32 Å². The van der Waals surface area contributed by atoms with Crippen molar-refractivity contribution >= 4 is 11.6 Å². The zero-order chi connectivity index (χ0) is 14.9. The topological polar surface area (TPSA) is 29.9 Å². The summed E-state index contributed by atoms with van der Waals surface area (Å²) >= 11 is 6.36. The average molecular weight is 292 g/mol. The first kappa shape index (κ1) is 15.1. The molecular formula is C16H22ClN3. The van der Waals surface area contributed by atoms with Crippen LogP contribution in [-0.2, 0) is 13.5 Å². The molecule has 1 heterocycles. The van der Waals surface area contributed by atoms with Gasteiger partial charge in [0.2, 0.25) is 0 Å². The Bertz CT molecular complexity index is 616. The Labute approximate surface area is 126 Å². The van der Waals surface area contributed by atoms with Gasteiger partial charge in [-0.25, -0.2) is 0 Å². The summed E-state index contributed by atoms with van der Waals surface area (Å²) in [5, 5.41) is 8.55. The summed E-state index contributed by atoms with van der Waals surface area (Å²) in [6.45, 7) is 6.21.